The van der Waals surface area contributed by atoms with Gasteiger partial charge in [0.1, 0.15) is 11.0 Å². The van der Waals surface area contributed by atoms with Gasteiger partial charge >= 0.3 is 0 Å². The Morgan fingerprint density at radius 2 is 2.06 bits per heavy atom. The topological polar surface area (TPSA) is 104 Å². The van der Waals surface area contributed by atoms with Crippen LogP contribution >= 0.6 is 0 Å². The van der Waals surface area contributed by atoms with Crippen LogP contribution in [0.3, 0.4) is 0 Å². The van der Waals surface area contributed by atoms with Crippen LogP contribution in [-0.4, -0.2) is 36.6 Å². The lowest BCUT2D eigenvalue weighted by Gasteiger charge is -2.15. The highest BCUT2D eigenvalue weighted by Gasteiger charge is 2.20. The average Bonchev–Trinajstić information content (AvgIpc) is 3.35. The molecule has 0 radical (unpaired) electrons. The van der Waals surface area contributed by atoms with Crippen LogP contribution in [-0.2, 0) is 6.54 Å². The average molecular weight is 422 g/mol. The van der Waals surface area contributed by atoms with E-state index in [-0.39, 0.29) is 6.04 Å². The van der Waals surface area contributed by atoms with Crippen molar-refractivity contribution in [1.29, 1.82) is 0 Å². The molecule has 4 aromatic rings. The molecule has 0 bridgehead atoms. The first-order chi connectivity index (χ1) is 15.0. The number of fused-ring (bicyclic) bond motifs is 1. The van der Waals surface area contributed by atoms with Crippen LogP contribution < -0.4 is 10.1 Å². The van der Waals surface area contributed by atoms with Crippen LogP contribution in [0, 0.1) is 13.8 Å². The third-order valence-electron chi connectivity index (χ3n) is 5.16. The van der Waals surface area contributed by atoms with Gasteiger partial charge in [-0.1, -0.05) is 6.92 Å². The van der Waals surface area contributed by atoms with Crippen molar-refractivity contribution in [2.24, 2.45) is 0 Å². The second-order valence-electron chi connectivity index (χ2n) is 7.40. The maximum Gasteiger partial charge on any atom is 0.235 e. The van der Waals surface area contributed by atoms with Crippen molar-refractivity contribution in [2.45, 2.75) is 53.6 Å². The fourth-order valence-electron chi connectivity index (χ4n) is 3.46. The van der Waals surface area contributed by atoms with Gasteiger partial charge in [0, 0.05) is 19.2 Å². The Balaban J connectivity index is 1.87. The Kier molecular flexibility index (Phi) is 5.83. The van der Waals surface area contributed by atoms with E-state index in [1.165, 1.54) is 0 Å². The SMILES string of the molecule is CCOc1ncccc1-c1cc(NCc2nnc(C)o2)c2c(n1)c(C)nn2[C@H](C)CC. The van der Waals surface area contributed by atoms with E-state index in [9.17, 15) is 0 Å². The fraction of sp³-hybridized carbons (Fsp3) is 0.409. The van der Waals surface area contributed by atoms with E-state index in [1.54, 1.807) is 13.1 Å². The first-order valence-electron chi connectivity index (χ1n) is 10.5. The smallest absolute Gasteiger partial charge is 0.235 e. The summed E-state index contributed by atoms with van der Waals surface area (Å²) >= 11 is 0. The predicted octanol–water partition coefficient (Wildman–Crippen LogP) is 4.47. The number of anilines is 1. The summed E-state index contributed by atoms with van der Waals surface area (Å²) in [5.74, 6) is 1.61. The summed E-state index contributed by atoms with van der Waals surface area (Å²) in [7, 11) is 0. The number of hydrogen-bond donors (Lipinski definition) is 1. The van der Waals surface area contributed by atoms with Crippen LogP contribution in [0.4, 0.5) is 5.69 Å². The first-order valence-corrected chi connectivity index (χ1v) is 10.5. The van der Waals surface area contributed by atoms with Gasteiger partial charge in [-0.05, 0) is 45.4 Å². The summed E-state index contributed by atoms with van der Waals surface area (Å²) in [6.07, 6.45) is 2.67. The Morgan fingerprint density at radius 3 is 2.77 bits per heavy atom. The lowest BCUT2D eigenvalue weighted by Crippen LogP contribution is -2.09. The minimum atomic E-state index is 0.229. The van der Waals surface area contributed by atoms with Crippen LogP contribution in [0.2, 0.25) is 0 Å². The van der Waals surface area contributed by atoms with Crippen molar-refractivity contribution in [2.75, 3.05) is 11.9 Å². The van der Waals surface area contributed by atoms with Crippen LogP contribution in [0.1, 0.15) is 50.7 Å². The van der Waals surface area contributed by atoms with Crippen molar-refractivity contribution in [1.82, 2.24) is 29.9 Å². The van der Waals surface area contributed by atoms with E-state index in [1.807, 2.05) is 36.7 Å². The van der Waals surface area contributed by atoms with Crippen molar-refractivity contribution in [3.8, 4) is 17.1 Å². The number of pyridine rings is 2. The Morgan fingerprint density at radius 1 is 1.23 bits per heavy atom. The maximum absolute atomic E-state index is 5.74. The van der Waals surface area contributed by atoms with E-state index in [2.05, 4.69) is 34.3 Å². The van der Waals surface area contributed by atoms with Gasteiger partial charge in [0.15, 0.2) is 0 Å². The fourth-order valence-corrected chi connectivity index (χ4v) is 3.46. The number of rotatable bonds is 8. The van der Waals surface area contributed by atoms with Gasteiger partial charge in [-0.2, -0.15) is 5.10 Å². The molecule has 1 N–H and O–H groups in total. The van der Waals surface area contributed by atoms with E-state index in [0.717, 1.165) is 40.1 Å². The first kappa shape index (κ1) is 20.8. The van der Waals surface area contributed by atoms with Crippen LogP contribution in [0.15, 0.2) is 28.8 Å². The molecule has 4 rings (SSSR count). The molecule has 0 unspecified atom stereocenters. The summed E-state index contributed by atoms with van der Waals surface area (Å²) in [6.45, 7) is 10.9. The van der Waals surface area contributed by atoms with Gasteiger partial charge in [0.2, 0.25) is 17.7 Å². The molecule has 31 heavy (non-hydrogen) atoms. The van der Waals surface area contributed by atoms with Gasteiger partial charge in [-0.3, -0.25) is 4.68 Å². The van der Waals surface area contributed by atoms with Gasteiger partial charge in [0.05, 0.1) is 35.8 Å². The molecule has 4 heterocycles. The van der Waals surface area contributed by atoms with Crippen LogP contribution in [0.5, 0.6) is 5.88 Å². The van der Waals surface area contributed by atoms with Crippen molar-refractivity contribution < 1.29 is 9.15 Å². The summed E-state index contributed by atoms with van der Waals surface area (Å²) < 4.78 is 13.3. The standard InChI is InChI=1S/C22H27N7O2/c1-6-13(3)29-21-18(24-12-19-27-26-15(5)31-19)11-17(25-20(21)14(4)28-29)16-9-8-10-23-22(16)30-7-2/h8-11,13H,6-7,12H2,1-5H3,(H,24,25)/t13-/m1/s1. The molecule has 0 aliphatic heterocycles. The molecule has 162 valence electrons. The molecule has 0 aliphatic rings. The highest BCUT2D eigenvalue weighted by molar-refractivity contribution is 5.93. The van der Waals surface area contributed by atoms with E-state index in [0.29, 0.717) is 30.8 Å². The van der Waals surface area contributed by atoms with E-state index in [4.69, 9.17) is 19.2 Å². The van der Waals surface area contributed by atoms with Gasteiger partial charge in [-0.15, -0.1) is 10.2 Å². The molecular formula is C22H27N7O2. The molecule has 9 nitrogen and oxygen atoms in total. The molecular weight excluding hydrogens is 394 g/mol. The van der Waals surface area contributed by atoms with Crippen molar-refractivity contribution in [3.05, 3.63) is 41.9 Å². The summed E-state index contributed by atoms with van der Waals surface area (Å²) in [5.41, 5.74) is 5.15. The van der Waals surface area contributed by atoms with Gasteiger partial charge in [0.25, 0.3) is 0 Å². The number of nitrogens with one attached hydrogen (secondary N) is 1. The second kappa shape index (κ2) is 8.71. The Bertz CT molecular complexity index is 1200. The molecule has 0 saturated heterocycles. The summed E-state index contributed by atoms with van der Waals surface area (Å²) in [4.78, 5) is 9.33. The van der Waals surface area contributed by atoms with E-state index < -0.39 is 0 Å². The summed E-state index contributed by atoms with van der Waals surface area (Å²) in [6, 6.07) is 6.08. The molecule has 0 saturated carbocycles. The lowest BCUT2D eigenvalue weighted by molar-refractivity contribution is 0.328. The Hall–Kier alpha value is -3.49. The minimum Gasteiger partial charge on any atom is -0.477 e. The highest BCUT2D eigenvalue weighted by atomic mass is 16.5. The van der Waals surface area contributed by atoms with Gasteiger partial charge in [-0.25, -0.2) is 9.97 Å². The largest absolute Gasteiger partial charge is 0.477 e. The molecule has 1 atom stereocenters. The second-order valence-corrected chi connectivity index (χ2v) is 7.40. The van der Waals surface area contributed by atoms with Crippen molar-refractivity contribution in [3.63, 3.8) is 0 Å². The molecule has 0 aromatic carbocycles. The van der Waals surface area contributed by atoms with E-state index >= 15 is 0 Å². The predicted molar refractivity (Wildman–Crippen MR) is 118 cm³/mol. The third-order valence-corrected chi connectivity index (χ3v) is 5.16. The molecule has 4 aromatic heterocycles. The quantitative estimate of drug-likeness (QED) is 0.444. The molecule has 0 amide bonds. The normalized spacial score (nSPS) is 12.3. The van der Waals surface area contributed by atoms with Crippen LogP contribution in [0.25, 0.3) is 22.3 Å². The number of hydrogen-bond acceptors (Lipinski definition) is 8. The highest BCUT2D eigenvalue weighted by Crippen LogP contribution is 2.35. The molecule has 0 aliphatic carbocycles. The maximum atomic E-state index is 5.74. The molecule has 9 heteroatoms. The third kappa shape index (κ3) is 4.08. The monoisotopic (exact) mass is 421 g/mol. The molecule has 0 spiro atoms. The minimum absolute atomic E-state index is 0.229. The number of nitrogens with zero attached hydrogens (tertiary/aromatic N) is 6. The zero-order chi connectivity index (χ0) is 22.0. The molecule has 0 fully saturated rings. The zero-order valence-electron chi connectivity index (χ0n) is 18.5. The number of aromatic nitrogens is 6. The summed E-state index contributed by atoms with van der Waals surface area (Å²) in [5, 5.41) is 16.2. The lowest BCUT2D eigenvalue weighted by atomic mass is 10.1. The zero-order valence-corrected chi connectivity index (χ0v) is 18.5. The number of aryl methyl sites for hydroxylation is 2. The van der Waals surface area contributed by atoms with Gasteiger partial charge < -0.3 is 14.5 Å². The Labute approximate surface area is 180 Å². The van der Waals surface area contributed by atoms with Crippen molar-refractivity contribution >= 4 is 16.7 Å². The number of ether oxygens (including phenoxy) is 1.